The lowest BCUT2D eigenvalue weighted by Crippen LogP contribution is -2.44. The summed E-state index contributed by atoms with van der Waals surface area (Å²) in [5, 5.41) is 3.24. The highest BCUT2D eigenvalue weighted by Crippen LogP contribution is 2.26. The highest BCUT2D eigenvalue weighted by atomic mass is 19.1. The lowest BCUT2D eigenvalue weighted by molar-refractivity contribution is 0.0936. The zero-order valence-electron chi connectivity index (χ0n) is 17.2. The van der Waals surface area contributed by atoms with Gasteiger partial charge in [-0.25, -0.2) is 4.39 Å². The Morgan fingerprint density at radius 3 is 2.52 bits per heavy atom. The molecule has 1 amide bonds. The zero-order chi connectivity index (χ0) is 20.5. The fourth-order valence-corrected chi connectivity index (χ4v) is 4.45. The molecule has 2 aromatic rings. The van der Waals surface area contributed by atoms with E-state index >= 15 is 0 Å². The van der Waals surface area contributed by atoms with Gasteiger partial charge < -0.3 is 19.7 Å². The Morgan fingerprint density at radius 2 is 1.86 bits per heavy atom. The van der Waals surface area contributed by atoms with Gasteiger partial charge in [0.05, 0.1) is 11.2 Å². The highest BCUT2D eigenvalue weighted by molar-refractivity contribution is 5.98. The molecule has 0 spiro atoms. The minimum Gasteiger partial charge on any atom is -0.367 e. The number of benzene rings is 1. The Hall–Kier alpha value is -2.41. The van der Waals surface area contributed by atoms with Crippen molar-refractivity contribution in [2.24, 2.45) is 0 Å². The van der Waals surface area contributed by atoms with Gasteiger partial charge in [0.1, 0.15) is 11.4 Å². The number of nitrogens with zero attached hydrogens (tertiary/aromatic N) is 3. The molecule has 7 heteroatoms. The summed E-state index contributed by atoms with van der Waals surface area (Å²) in [6.45, 7) is 5.79. The van der Waals surface area contributed by atoms with Crippen molar-refractivity contribution in [2.45, 2.75) is 45.2 Å². The molecule has 29 heavy (non-hydrogen) atoms. The van der Waals surface area contributed by atoms with E-state index in [0.29, 0.717) is 17.7 Å². The van der Waals surface area contributed by atoms with Crippen LogP contribution in [0.4, 0.5) is 10.1 Å². The SMILES string of the molecule is CCn1cc(C(=O)NC2CCCC2)c(=O)c2cc(F)c(N3CCN(C)CC3)cc21. The maximum Gasteiger partial charge on any atom is 0.256 e. The first-order valence-electron chi connectivity index (χ1n) is 10.6. The standard InChI is InChI=1S/C22H29FN4O2/c1-3-26-14-17(22(29)24-15-6-4-5-7-15)21(28)16-12-18(23)20(13-19(16)26)27-10-8-25(2)9-11-27/h12-15H,3-11H2,1-2H3,(H,24,29). The molecule has 0 bridgehead atoms. The summed E-state index contributed by atoms with van der Waals surface area (Å²) in [5.41, 5.74) is 0.891. The van der Waals surface area contributed by atoms with E-state index in [1.54, 1.807) is 12.3 Å². The summed E-state index contributed by atoms with van der Waals surface area (Å²) in [7, 11) is 2.06. The van der Waals surface area contributed by atoms with Crippen LogP contribution in [0.2, 0.25) is 0 Å². The number of pyridine rings is 1. The molecule has 1 saturated carbocycles. The number of anilines is 1. The zero-order valence-corrected chi connectivity index (χ0v) is 17.2. The first-order chi connectivity index (χ1) is 14.0. The molecule has 2 heterocycles. The smallest absolute Gasteiger partial charge is 0.256 e. The summed E-state index contributed by atoms with van der Waals surface area (Å²) in [6.07, 6.45) is 5.72. The van der Waals surface area contributed by atoms with Crippen LogP contribution >= 0.6 is 0 Å². The Bertz CT molecular complexity index is 973. The van der Waals surface area contributed by atoms with Gasteiger partial charge in [-0.3, -0.25) is 9.59 Å². The number of rotatable bonds is 4. The van der Waals surface area contributed by atoms with Crippen molar-refractivity contribution in [3.05, 3.63) is 39.9 Å². The van der Waals surface area contributed by atoms with Crippen LogP contribution in [0.15, 0.2) is 23.1 Å². The monoisotopic (exact) mass is 400 g/mol. The normalized spacial score (nSPS) is 18.5. The highest BCUT2D eigenvalue weighted by Gasteiger charge is 2.23. The minimum absolute atomic E-state index is 0.0954. The molecule has 2 fully saturated rings. The molecule has 1 aromatic heterocycles. The molecule has 1 aromatic carbocycles. The number of carbonyl (C=O) groups is 1. The van der Waals surface area contributed by atoms with Crippen molar-refractivity contribution in [3.8, 4) is 0 Å². The molecule has 4 rings (SSSR count). The van der Waals surface area contributed by atoms with E-state index in [1.165, 1.54) is 6.07 Å². The van der Waals surface area contributed by atoms with Crippen molar-refractivity contribution in [1.29, 1.82) is 0 Å². The summed E-state index contributed by atoms with van der Waals surface area (Å²) in [5.74, 6) is -0.760. The number of nitrogens with one attached hydrogen (secondary N) is 1. The topological polar surface area (TPSA) is 57.6 Å². The molecule has 0 unspecified atom stereocenters. The molecular formula is C22H29FN4O2. The van der Waals surface area contributed by atoms with Crippen LogP contribution < -0.4 is 15.6 Å². The van der Waals surface area contributed by atoms with Gasteiger partial charge in [0.15, 0.2) is 0 Å². The third-order valence-corrected chi connectivity index (χ3v) is 6.27. The molecule has 1 aliphatic carbocycles. The predicted molar refractivity (Wildman–Crippen MR) is 113 cm³/mol. The Morgan fingerprint density at radius 1 is 1.17 bits per heavy atom. The van der Waals surface area contributed by atoms with Gasteiger partial charge in [0, 0.05) is 50.3 Å². The molecule has 156 valence electrons. The number of amides is 1. The van der Waals surface area contributed by atoms with Gasteiger partial charge in [-0.05, 0) is 38.9 Å². The second-order valence-corrected chi connectivity index (χ2v) is 8.22. The lowest BCUT2D eigenvalue weighted by atomic mass is 10.1. The van der Waals surface area contributed by atoms with Crippen LogP contribution in [0.1, 0.15) is 43.0 Å². The van der Waals surface area contributed by atoms with Crippen LogP contribution in [-0.2, 0) is 6.54 Å². The second kappa shape index (κ2) is 8.14. The van der Waals surface area contributed by atoms with Crippen molar-refractivity contribution in [3.63, 3.8) is 0 Å². The number of halogens is 1. The predicted octanol–water partition coefficient (Wildman–Crippen LogP) is 2.58. The van der Waals surface area contributed by atoms with E-state index in [4.69, 9.17) is 0 Å². The summed E-state index contributed by atoms with van der Waals surface area (Å²) >= 11 is 0. The molecule has 0 radical (unpaired) electrons. The van der Waals surface area contributed by atoms with Gasteiger partial charge in [-0.2, -0.15) is 0 Å². The van der Waals surface area contributed by atoms with Crippen LogP contribution in [0.5, 0.6) is 0 Å². The Kier molecular flexibility index (Phi) is 5.58. The molecule has 1 saturated heterocycles. The van der Waals surface area contributed by atoms with E-state index < -0.39 is 11.2 Å². The summed E-state index contributed by atoms with van der Waals surface area (Å²) in [6, 6.07) is 3.20. The molecule has 0 atom stereocenters. The van der Waals surface area contributed by atoms with Gasteiger partial charge in [-0.15, -0.1) is 0 Å². The quantitative estimate of drug-likeness (QED) is 0.857. The molecular weight excluding hydrogens is 371 g/mol. The largest absolute Gasteiger partial charge is 0.367 e. The number of aryl methyl sites for hydroxylation is 1. The van der Waals surface area contributed by atoms with Crippen molar-refractivity contribution in [1.82, 2.24) is 14.8 Å². The minimum atomic E-state index is -0.407. The molecule has 1 aliphatic heterocycles. The first-order valence-corrected chi connectivity index (χ1v) is 10.6. The van der Waals surface area contributed by atoms with Gasteiger partial charge in [-0.1, -0.05) is 12.8 Å². The number of piperazine rings is 1. The number of hydrogen-bond acceptors (Lipinski definition) is 4. The number of fused-ring (bicyclic) bond motifs is 1. The van der Waals surface area contributed by atoms with Crippen LogP contribution in [-0.4, -0.2) is 54.6 Å². The molecule has 1 N–H and O–H groups in total. The number of likely N-dealkylation sites (N-methyl/N-ethyl adjacent to an activating group) is 1. The third-order valence-electron chi connectivity index (χ3n) is 6.27. The first kappa shape index (κ1) is 19.9. The van der Waals surface area contributed by atoms with Crippen LogP contribution in [0, 0.1) is 5.82 Å². The number of carbonyl (C=O) groups excluding carboxylic acids is 1. The lowest BCUT2D eigenvalue weighted by Gasteiger charge is -2.34. The summed E-state index contributed by atoms with van der Waals surface area (Å²) < 4.78 is 16.8. The van der Waals surface area contributed by atoms with E-state index in [0.717, 1.165) is 51.9 Å². The van der Waals surface area contributed by atoms with E-state index in [9.17, 15) is 14.0 Å². The van der Waals surface area contributed by atoms with E-state index in [-0.39, 0.29) is 22.9 Å². The van der Waals surface area contributed by atoms with Crippen LogP contribution in [0.3, 0.4) is 0 Å². The third kappa shape index (κ3) is 3.88. The van der Waals surface area contributed by atoms with Gasteiger partial charge >= 0.3 is 0 Å². The molecule has 6 nitrogen and oxygen atoms in total. The number of hydrogen-bond donors (Lipinski definition) is 1. The molecule has 2 aliphatic rings. The van der Waals surface area contributed by atoms with Gasteiger partial charge in [0.25, 0.3) is 5.91 Å². The van der Waals surface area contributed by atoms with Crippen LogP contribution in [0.25, 0.3) is 10.9 Å². The maximum absolute atomic E-state index is 15.0. The summed E-state index contributed by atoms with van der Waals surface area (Å²) in [4.78, 5) is 30.0. The van der Waals surface area contributed by atoms with Crippen molar-refractivity contribution >= 4 is 22.5 Å². The van der Waals surface area contributed by atoms with Gasteiger partial charge in [0.2, 0.25) is 5.43 Å². The van der Waals surface area contributed by atoms with E-state index in [1.807, 2.05) is 16.4 Å². The average Bonchev–Trinajstić information content (AvgIpc) is 3.22. The Balaban J connectivity index is 1.74. The average molecular weight is 400 g/mol. The number of aromatic nitrogens is 1. The fraction of sp³-hybridized carbons (Fsp3) is 0.545. The van der Waals surface area contributed by atoms with Crippen molar-refractivity contribution < 1.29 is 9.18 Å². The van der Waals surface area contributed by atoms with Crippen molar-refractivity contribution in [2.75, 3.05) is 38.1 Å². The fourth-order valence-electron chi connectivity index (χ4n) is 4.45. The Labute approximate surface area is 170 Å². The van der Waals surface area contributed by atoms with E-state index in [2.05, 4.69) is 17.3 Å². The maximum atomic E-state index is 15.0. The second-order valence-electron chi connectivity index (χ2n) is 8.22.